The van der Waals surface area contributed by atoms with Crippen LogP contribution in [0.4, 0.5) is 0 Å². The van der Waals surface area contributed by atoms with Crippen LogP contribution in [0, 0.1) is 12.8 Å². The molecule has 0 saturated heterocycles. The van der Waals surface area contributed by atoms with E-state index in [1.54, 1.807) is 0 Å². The second kappa shape index (κ2) is 6.77. The maximum Gasteiger partial charge on any atom is 0.0537 e. The summed E-state index contributed by atoms with van der Waals surface area (Å²) in [6.45, 7) is 11.7. The molecule has 0 aliphatic heterocycles. The first-order valence-corrected chi connectivity index (χ1v) is 6.42. The maximum atomic E-state index is 4.24. The number of nitrogens with one attached hydrogen (secondary N) is 2. The van der Waals surface area contributed by atoms with Gasteiger partial charge in [0, 0.05) is 37.4 Å². The first-order valence-electron chi connectivity index (χ1n) is 6.42. The van der Waals surface area contributed by atoms with Crippen molar-refractivity contribution in [3.8, 4) is 0 Å². The quantitative estimate of drug-likeness (QED) is 0.755. The molecule has 98 valence electrons. The van der Waals surface area contributed by atoms with Gasteiger partial charge in [0.1, 0.15) is 0 Å². The zero-order valence-electron chi connectivity index (χ0n) is 11.7. The topological polar surface area (TPSA) is 41.9 Å². The molecule has 1 rings (SSSR count). The van der Waals surface area contributed by atoms with E-state index >= 15 is 0 Å². The lowest BCUT2D eigenvalue weighted by Crippen LogP contribution is -2.37. The van der Waals surface area contributed by atoms with Gasteiger partial charge in [0.15, 0.2) is 0 Å². The van der Waals surface area contributed by atoms with Crippen LogP contribution in [0.2, 0.25) is 0 Å². The predicted octanol–water partition coefficient (Wildman–Crippen LogP) is 1.45. The van der Waals surface area contributed by atoms with Crippen molar-refractivity contribution in [2.75, 3.05) is 13.1 Å². The first kappa shape index (κ1) is 14.2. The fourth-order valence-electron chi connectivity index (χ4n) is 1.66. The molecule has 1 heterocycles. The smallest absolute Gasteiger partial charge is 0.0537 e. The summed E-state index contributed by atoms with van der Waals surface area (Å²) >= 11 is 0. The number of hydrogen-bond donors (Lipinski definition) is 2. The summed E-state index contributed by atoms with van der Waals surface area (Å²) in [4.78, 5) is 0. The Labute approximate surface area is 105 Å². The molecule has 0 saturated carbocycles. The lowest BCUT2D eigenvalue weighted by atomic mass is 10.2. The lowest BCUT2D eigenvalue weighted by Gasteiger charge is -2.15. The number of aryl methyl sites for hydroxylation is 1. The molecule has 0 aliphatic carbocycles. The summed E-state index contributed by atoms with van der Waals surface area (Å²) in [6.07, 6.45) is 1.94. The van der Waals surface area contributed by atoms with Crippen LogP contribution in [-0.2, 0) is 13.6 Å². The molecular weight excluding hydrogens is 212 g/mol. The van der Waals surface area contributed by atoms with E-state index in [2.05, 4.69) is 43.4 Å². The summed E-state index contributed by atoms with van der Waals surface area (Å²) in [5.41, 5.74) is 2.52. The normalized spacial score (nSPS) is 13.3. The van der Waals surface area contributed by atoms with Crippen molar-refractivity contribution in [2.45, 2.75) is 40.3 Å². The van der Waals surface area contributed by atoms with Crippen molar-refractivity contribution in [3.05, 3.63) is 17.5 Å². The maximum absolute atomic E-state index is 4.24. The van der Waals surface area contributed by atoms with Gasteiger partial charge >= 0.3 is 0 Å². The van der Waals surface area contributed by atoms with Crippen molar-refractivity contribution >= 4 is 0 Å². The minimum Gasteiger partial charge on any atom is -0.315 e. The van der Waals surface area contributed by atoms with Gasteiger partial charge in [-0.3, -0.25) is 4.68 Å². The SMILES string of the molecule is Cc1c(CNC(C)CNCC(C)C)cnn1C. The number of nitrogens with zero attached hydrogens (tertiary/aromatic N) is 2. The minimum atomic E-state index is 0.480. The Bertz CT molecular complexity index is 330. The Hall–Kier alpha value is -0.870. The second-order valence-corrected chi connectivity index (χ2v) is 5.21. The highest BCUT2D eigenvalue weighted by Crippen LogP contribution is 2.04. The molecule has 0 spiro atoms. The Kier molecular flexibility index (Phi) is 5.65. The molecule has 4 heteroatoms. The largest absolute Gasteiger partial charge is 0.315 e. The van der Waals surface area contributed by atoms with Gasteiger partial charge in [-0.1, -0.05) is 13.8 Å². The average Bonchev–Trinajstić information content (AvgIpc) is 2.57. The monoisotopic (exact) mass is 238 g/mol. The highest BCUT2D eigenvalue weighted by Gasteiger charge is 2.06. The van der Waals surface area contributed by atoms with Crippen LogP contribution in [0.5, 0.6) is 0 Å². The second-order valence-electron chi connectivity index (χ2n) is 5.21. The van der Waals surface area contributed by atoms with Gasteiger partial charge in [0.2, 0.25) is 0 Å². The summed E-state index contributed by atoms with van der Waals surface area (Å²) in [6, 6.07) is 0.480. The number of rotatable bonds is 7. The Morgan fingerprint density at radius 3 is 2.53 bits per heavy atom. The summed E-state index contributed by atoms with van der Waals surface area (Å²) in [7, 11) is 1.98. The zero-order valence-corrected chi connectivity index (χ0v) is 11.7. The molecule has 1 unspecified atom stereocenters. The third-order valence-corrected chi connectivity index (χ3v) is 2.98. The Morgan fingerprint density at radius 1 is 1.29 bits per heavy atom. The van der Waals surface area contributed by atoms with E-state index in [0.29, 0.717) is 12.0 Å². The third kappa shape index (κ3) is 4.88. The van der Waals surface area contributed by atoms with E-state index in [1.807, 2.05) is 17.9 Å². The van der Waals surface area contributed by atoms with E-state index in [1.165, 1.54) is 11.3 Å². The van der Waals surface area contributed by atoms with Crippen LogP contribution < -0.4 is 10.6 Å². The molecule has 4 nitrogen and oxygen atoms in total. The molecule has 0 bridgehead atoms. The number of aromatic nitrogens is 2. The Balaban J connectivity index is 2.24. The van der Waals surface area contributed by atoms with Gasteiger partial charge in [-0.2, -0.15) is 5.10 Å². The van der Waals surface area contributed by atoms with Gasteiger partial charge < -0.3 is 10.6 Å². The first-order chi connectivity index (χ1) is 8.00. The van der Waals surface area contributed by atoms with E-state index in [4.69, 9.17) is 0 Å². The van der Waals surface area contributed by atoms with Gasteiger partial charge in [-0.05, 0) is 26.3 Å². The fourth-order valence-corrected chi connectivity index (χ4v) is 1.66. The predicted molar refractivity (Wildman–Crippen MR) is 72.0 cm³/mol. The van der Waals surface area contributed by atoms with Gasteiger partial charge in [0.05, 0.1) is 6.20 Å². The number of hydrogen-bond acceptors (Lipinski definition) is 3. The minimum absolute atomic E-state index is 0.480. The van der Waals surface area contributed by atoms with E-state index < -0.39 is 0 Å². The highest BCUT2D eigenvalue weighted by atomic mass is 15.3. The molecule has 0 aromatic carbocycles. The van der Waals surface area contributed by atoms with Crippen LogP contribution in [0.1, 0.15) is 32.0 Å². The van der Waals surface area contributed by atoms with E-state index in [-0.39, 0.29) is 0 Å². The van der Waals surface area contributed by atoms with Crippen LogP contribution in [0.15, 0.2) is 6.20 Å². The molecule has 0 fully saturated rings. The van der Waals surface area contributed by atoms with Crippen LogP contribution in [0.25, 0.3) is 0 Å². The highest BCUT2D eigenvalue weighted by molar-refractivity contribution is 5.15. The summed E-state index contributed by atoms with van der Waals surface area (Å²) in [5, 5.41) is 11.2. The van der Waals surface area contributed by atoms with Crippen molar-refractivity contribution < 1.29 is 0 Å². The molecule has 0 amide bonds. The summed E-state index contributed by atoms with van der Waals surface area (Å²) < 4.78 is 1.92. The van der Waals surface area contributed by atoms with Crippen LogP contribution >= 0.6 is 0 Å². The van der Waals surface area contributed by atoms with Crippen molar-refractivity contribution in [1.29, 1.82) is 0 Å². The van der Waals surface area contributed by atoms with Crippen LogP contribution in [0.3, 0.4) is 0 Å². The van der Waals surface area contributed by atoms with Crippen molar-refractivity contribution in [1.82, 2.24) is 20.4 Å². The molecule has 2 N–H and O–H groups in total. The third-order valence-electron chi connectivity index (χ3n) is 2.98. The molecule has 1 aromatic heterocycles. The zero-order chi connectivity index (χ0) is 12.8. The van der Waals surface area contributed by atoms with Crippen LogP contribution in [-0.4, -0.2) is 28.9 Å². The standard InChI is InChI=1S/C13H26N4/c1-10(2)6-14-7-11(3)15-8-13-9-16-17(5)12(13)4/h9-11,14-15H,6-8H2,1-5H3. The molecule has 1 aromatic rings. The van der Waals surface area contributed by atoms with Gasteiger partial charge in [-0.15, -0.1) is 0 Å². The lowest BCUT2D eigenvalue weighted by molar-refractivity contribution is 0.471. The molecule has 1 atom stereocenters. The average molecular weight is 238 g/mol. The Morgan fingerprint density at radius 2 is 2.00 bits per heavy atom. The van der Waals surface area contributed by atoms with E-state index in [9.17, 15) is 0 Å². The van der Waals surface area contributed by atoms with Crippen molar-refractivity contribution in [3.63, 3.8) is 0 Å². The van der Waals surface area contributed by atoms with Crippen molar-refractivity contribution in [2.24, 2.45) is 13.0 Å². The van der Waals surface area contributed by atoms with E-state index in [0.717, 1.165) is 19.6 Å². The molecule has 0 radical (unpaired) electrons. The van der Waals surface area contributed by atoms with Gasteiger partial charge in [0.25, 0.3) is 0 Å². The summed E-state index contributed by atoms with van der Waals surface area (Å²) in [5.74, 6) is 0.711. The molecule has 17 heavy (non-hydrogen) atoms. The fraction of sp³-hybridized carbons (Fsp3) is 0.769. The van der Waals surface area contributed by atoms with Gasteiger partial charge in [-0.25, -0.2) is 0 Å². The molecular formula is C13H26N4. The molecule has 0 aliphatic rings.